The zero-order valence-electron chi connectivity index (χ0n) is 11.3. The predicted molar refractivity (Wildman–Crippen MR) is 69.7 cm³/mol. The minimum Gasteiger partial charge on any atom is -0.480 e. The number of carbonyl (C=O) groups excluding carboxylic acids is 3. The van der Waals surface area contributed by atoms with E-state index in [1.165, 1.54) is 0 Å². The third-order valence-corrected chi connectivity index (χ3v) is 2.29. The third-order valence-electron chi connectivity index (χ3n) is 2.29. The summed E-state index contributed by atoms with van der Waals surface area (Å²) < 4.78 is 0. The van der Waals surface area contributed by atoms with Gasteiger partial charge in [-0.25, -0.2) is 9.59 Å². The number of nitrogens with two attached hydrogens (primary N) is 1. The lowest BCUT2D eigenvalue weighted by molar-refractivity contribution is -0.139. The van der Waals surface area contributed by atoms with E-state index < -0.39 is 23.9 Å². The highest BCUT2D eigenvalue weighted by Gasteiger charge is 2.20. The van der Waals surface area contributed by atoms with Gasteiger partial charge in [-0.15, -0.1) is 0 Å². The van der Waals surface area contributed by atoms with E-state index in [1.807, 2.05) is 0 Å². The molecule has 114 valence electrons. The molecule has 0 rings (SSSR count). The second-order valence-electron chi connectivity index (χ2n) is 4.00. The fourth-order valence-electron chi connectivity index (χ4n) is 1.33. The number of nitrogens with one attached hydrogen (secondary N) is 3. The molecule has 0 bridgehead atoms. The largest absolute Gasteiger partial charge is 0.480 e. The van der Waals surface area contributed by atoms with Crippen LogP contribution in [0, 0.1) is 0 Å². The number of rotatable bonds is 9. The lowest BCUT2D eigenvalue weighted by Crippen LogP contribution is -2.47. The number of carboxylic acid groups (broad SMARTS) is 1. The summed E-state index contributed by atoms with van der Waals surface area (Å²) in [6.07, 6.45) is -0.134. The summed E-state index contributed by atoms with van der Waals surface area (Å²) in [6, 6.07) is -1.92. The van der Waals surface area contributed by atoms with Crippen LogP contribution in [0.15, 0.2) is 0 Å². The van der Waals surface area contributed by atoms with E-state index in [2.05, 4.69) is 16.0 Å². The van der Waals surface area contributed by atoms with Crippen molar-refractivity contribution in [1.29, 1.82) is 0 Å². The van der Waals surface area contributed by atoms with Gasteiger partial charge in [-0.05, 0) is 13.3 Å². The number of aliphatic carboxylic acids is 1. The maximum Gasteiger partial charge on any atom is 0.326 e. The molecule has 0 aromatic carbocycles. The number of primary amides is 1. The zero-order chi connectivity index (χ0) is 15.5. The Morgan fingerprint density at radius 1 is 1.15 bits per heavy atom. The van der Waals surface area contributed by atoms with Gasteiger partial charge in [0.15, 0.2) is 0 Å². The molecular weight excluding hydrogens is 268 g/mol. The quantitative estimate of drug-likeness (QED) is 0.351. The first-order valence-electron chi connectivity index (χ1n) is 6.19. The van der Waals surface area contributed by atoms with Crippen molar-refractivity contribution in [1.82, 2.24) is 16.0 Å². The smallest absolute Gasteiger partial charge is 0.326 e. The lowest BCUT2D eigenvalue weighted by atomic mass is 10.1. The Bertz CT molecular complexity index is 372. The molecule has 0 saturated carbocycles. The highest BCUT2D eigenvalue weighted by molar-refractivity contribution is 5.83. The van der Waals surface area contributed by atoms with Gasteiger partial charge >= 0.3 is 12.0 Å². The van der Waals surface area contributed by atoms with Gasteiger partial charge in [-0.3, -0.25) is 9.59 Å². The second kappa shape index (κ2) is 9.59. The van der Waals surface area contributed by atoms with Gasteiger partial charge in [0, 0.05) is 25.9 Å². The minimum absolute atomic E-state index is 0.0832. The van der Waals surface area contributed by atoms with Gasteiger partial charge in [0.25, 0.3) is 0 Å². The summed E-state index contributed by atoms with van der Waals surface area (Å²) in [5.74, 6) is -2.11. The van der Waals surface area contributed by atoms with Gasteiger partial charge in [0.2, 0.25) is 11.8 Å². The van der Waals surface area contributed by atoms with Crippen LogP contribution in [0.2, 0.25) is 0 Å². The second-order valence-corrected chi connectivity index (χ2v) is 4.00. The predicted octanol–water partition coefficient (Wildman–Crippen LogP) is -1.47. The molecule has 0 aliphatic rings. The molecular formula is C11H20N4O5. The van der Waals surface area contributed by atoms with Crippen LogP contribution >= 0.6 is 0 Å². The standard InChI is InChI=1S/C11H20N4O5/c1-2-13-9(17)5-6-14-11(20)15-7(10(18)19)3-4-8(12)16/h7H,2-6H2,1H3,(H2,12,16)(H,13,17)(H,18,19)(H2,14,15,20)/t7-/m1/s1. The summed E-state index contributed by atoms with van der Waals surface area (Å²) in [5.41, 5.74) is 4.91. The van der Waals surface area contributed by atoms with Crippen molar-refractivity contribution in [3.8, 4) is 0 Å². The molecule has 9 nitrogen and oxygen atoms in total. The Hall–Kier alpha value is -2.32. The molecule has 6 N–H and O–H groups in total. The molecule has 0 spiro atoms. The van der Waals surface area contributed by atoms with E-state index in [-0.39, 0.29) is 31.7 Å². The fraction of sp³-hybridized carbons (Fsp3) is 0.636. The van der Waals surface area contributed by atoms with Crippen molar-refractivity contribution in [3.05, 3.63) is 0 Å². The van der Waals surface area contributed by atoms with Crippen molar-refractivity contribution in [2.24, 2.45) is 5.73 Å². The maximum absolute atomic E-state index is 11.4. The third kappa shape index (κ3) is 8.72. The topological polar surface area (TPSA) is 151 Å². The molecule has 0 aliphatic heterocycles. The number of hydrogen-bond donors (Lipinski definition) is 5. The molecule has 0 fully saturated rings. The van der Waals surface area contributed by atoms with E-state index in [0.29, 0.717) is 6.54 Å². The van der Waals surface area contributed by atoms with Crippen LogP contribution in [0.5, 0.6) is 0 Å². The molecule has 1 atom stereocenters. The van der Waals surface area contributed by atoms with E-state index in [0.717, 1.165) is 0 Å². The minimum atomic E-state index is -1.26. The van der Waals surface area contributed by atoms with Crippen molar-refractivity contribution in [2.45, 2.75) is 32.2 Å². The average Bonchev–Trinajstić information content (AvgIpc) is 2.34. The van der Waals surface area contributed by atoms with Gasteiger partial charge in [0.05, 0.1) is 0 Å². The number of urea groups is 1. The number of carboxylic acids is 1. The first-order chi connectivity index (χ1) is 9.36. The highest BCUT2D eigenvalue weighted by atomic mass is 16.4. The van der Waals surface area contributed by atoms with Crippen LogP contribution in [-0.2, 0) is 14.4 Å². The van der Waals surface area contributed by atoms with Crippen molar-refractivity contribution in [2.75, 3.05) is 13.1 Å². The zero-order valence-corrected chi connectivity index (χ0v) is 11.3. The molecule has 4 amide bonds. The molecule has 0 saturated heterocycles. The Labute approximate surface area is 116 Å². The normalized spacial score (nSPS) is 11.2. The number of amides is 4. The summed E-state index contributed by atoms with van der Waals surface area (Å²) in [4.78, 5) is 43.9. The number of hydrogen-bond acceptors (Lipinski definition) is 4. The molecule has 0 unspecified atom stereocenters. The fourth-order valence-corrected chi connectivity index (χ4v) is 1.33. The van der Waals surface area contributed by atoms with Crippen LogP contribution in [0.3, 0.4) is 0 Å². The Balaban J connectivity index is 4.04. The van der Waals surface area contributed by atoms with Crippen LogP contribution in [0.1, 0.15) is 26.2 Å². The SMILES string of the molecule is CCNC(=O)CCNC(=O)N[C@H](CCC(N)=O)C(=O)O. The van der Waals surface area contributed by atoms with Gasteiger partial charge < -0.3 is 26.8 Å². The first-order valence-corrected chi connectivity index (χ1v) is 6.19. The summed E-state index contributed by atoms with van der Waals surface area (Å²) in [5, 5.41) is 16.0. The van der Waals surface area contributed by atoms with Crippen molar-refractivity contribution < 1.29 is 24.3 Å². The van der Waals surface area contributed by atoms with Gasteiger partial charge in [0.1, 0.15) is 6.04 Å². The molecule has 20 heavy (non-hydrogen) atoms. The summed E-state index contributed by atoms with van der Waals surface area (Å²) in [6.45, 7) is 2.35. The van der Waals surface area contributed by atoms with E-state index in [9.17, 15) is 19.2 Å². The summed E-state index contributed by atoms with van der Waals surface area (Å²) in [7, 11) is 0. The van der Waals surface area contributed by atoms with Gasteiger partial charge in [-0.1, -0.05) is 0 Å². The summed E-state index contributed by atoms with van der Waals surface area (Å²) >= 11 is 0. The Morgan fingerprint density at radius 2 is 1.80 bits per heavy atom. The van der Waals surface area contributed by atoms with E-state index in [1.54, 1.807) is 6.92 Å². The molecule has 0 radical (unpaired) electrons. The van der Waals surface area contributed by atoms with E-state index in [4.69, 9.17) is 10.8 Å². The molecule has 0 aromatic heterocycles. The van der Waals surface area contributed by atoms with Crippen LogP contribution < -0.4 is 21.7 Å². The van der Waals surface area contributed by atoms with Crippen LogP contribution in [0.25, 0.3) is 0 Å². The molecule has 0 heterocycles. The van der Waals surface area contributed by atoms with Crippen molar-refractivity contribution in [3.63, 3.8) is 0 Å². The first kappa shape index (κ1) is 17.7. The average molecular weight is 288 g/mol. The molecule has 9 heteroatoms. The molecule has 0 aliphatic carbocycles. The molecule has 0 aromatic rings. The number of carbonyl (C=O) groups is 4. The monoisotopic (exact) mass is 288 g/mol. The van der Waals surface area contributed by atoms with Crippen molar-refractivity contribution >= 4 is 23.8 Å². The maximum atomic E-state index is 11.4. The van der Waals surface area contributed by atoms with Gasteiger partial charge in [-0.2, -0.15) is 0 Å². The highest BCUT2D eigenvalue weighted by Crippen LogP contribution is 1.97. The Morgan fingerprint density at radius 3 is 2.30 bits per heavy atom. The Kier molecular flexibility index (Phi) is 8.48. The van der Waals surface area contributed by atoms with Crippen LogP contribution in [-0.4, -0.2) is 48.1 Å². The van der Waals surface area contributed by atoms with Crippen LogP contribution in [0.4, 0.5) is 4.79 Å². The lowest BCUT2D eigenvalue weighted by Gasteiger charge is -2.14. The van der Waals surface area contributed by atoms with E-state index >= 15 is 0 Å².